The molecule has 0 aliphatic rings. The van der Waals surface area contributed by atoms with E-state index in [1.807, 2.05) is 0 Å². The summed E-state index contributed by atoms with van der Waals surface area (Å²) in [5.41, 5.74) is 5.89. The maximum atomic E-state index is 12.9. The predicted molar refractivity (Wildman–Crippen MR) is 59.1 cm³/mol. The highest BCUT2D eigenvalue weighted by Crippen LogP contribution is 2.21. The van der Waals surface area contributed by atoms with Gasteiger partial charge < -0.3 is 16.2 Å². The predicted octanol–water partition coefficient (Wildman–Crippen LogP) is 0.968. The first-order chi connectivity index (χ1) is 7.54. The Kier molecular flexibility index (Phi) is 4.25. The van der Waals surface area contributed by atoms with Gasteiger partial charge in [0.05, 0.1) is 11.8 Å². The molecule has 0 aliphatic carbocycles. The zero-order valence-corrected chi connectivity index (χ0v) is 9.03. The molecule has 0 fully saturated rings. The number of amides is 1. The standard InChI is InChI=1S/C11H15FN2O2/c1-14-11(16)5-4-10(15)7-2-3-8(12)9(13)6-7/h2-3,6,10,15H,4-5,13H2,1H3,(H,14,16). The summed E-state index contributed by atoms with van der Waals surface area (Å²) < 4.78 is 12.9. The highest BCUT2D eigenvalue weighted by atomic mass is 19.1. The lowest BCUT2D eigenvalue weighted by Crippen LogP contribution is -2.18. The van der Waals surface area contributed by atoms with Crippen LogP contribution in [0.1, 0.15) is 24.5 Å². The molecule has 0 spiro atoms. The molecule has 0 aliphatic heterocycles. The van der Waals surface area contributed by atoms with Crippen LogP contribution in [0.3, 0.4) is 0 Å². The number of anilines is 1. The number of carbonyl (C=O) groups is 1. The number of nitrogens with one attached hydrogen (secondary N) is 1. The van der Waals surface area contributed by atoms with Gasteiger partial charge in [0.1, 0.15) is 5.82 Å². The molecule has 0 bridgehead atoms. The fourth-order valence-corrected chi connectivity index (χ4v) is 1.33. The van der Waals surface area contributed by atoms with Gasteiger partial charge in [0.15, 0.2) is 0 Å². The third-order valence-electron chi connectivity index (χ3n) is 2.33. The molecule has 0 aromatic heterocycles. The fourth-order valence-electron chi connectivity index (χ4n) is 1.33. The summed E-state index contributed by atoms with van der Waals surface area (Å²) in [7, 11) is 1.53. The zero-order chi connectivity index (χ0) is 12.1. The minimum Gasteiger partial charge on any atom is -0.396 e. The van der Waals surface area contributed by atoms with Crippen molar-refractivity contribution in [2.45, 2.75) is 18.9 Å². The van der Waals surface area contributed by atoms with Gasteiger partial charge >= 0.3 is 0 Å². The van der Waals surface area contributed by atoms with E-state index in [-0.39, 0.29) is 24.4 Å². The van der Waals surface area contributed by atoms with Gasteiger partial charge in [0.25, 0.3) is 0 Å². The molecular formula is C11H15FN2O2. The number of nitrogens with two attached hydrogens (primary N) is 1. The van der Waals surface area contributed by atoms with E-state index in [0.717, 1.165) is 0 Å². The number of aliphatic hydroxyl groups excluding tert-OH is 1. The molecule has 1 amide bonds. The molecule has 1 atom stereocenters. The summed E-state index contributed by atoms with van der Waals surface area (Å²) in [5.74, 6) is -0.656. The lowest BCUT2D eigenvalue weighted by molar-refractivity contribution is -0.121. The van der Waals surface area contributed by atoms with Crippen molar-refractivity contribution in [2.24, 2.45) is 0 Å². The van der Waals surface area contributed by atoms with Crippen molar-refractivity contribution in [1.29, 1.82) is 0 Å². The van der Waals surface area contributed by atoms with Crippen LogP contribution >= 0.6 is 0 Å². The second kappa shape index (κ2) is 5.46. The Labute approximate surface area is 93.3 Å². The van der Waals surface area contributed by atoms with Gasteiger partial charge in [0, 0.05) is 13.5 Å². The van der Waals surface area contributed by atoms with Crippen molar-refractivity contribution in [3.8, 4) is 0 Å². The third kappa shape index (κ3) is 3.20. The van der Waals surface area contributed by atoms with Gasteiger partial charge in [-0.05, 0) is 24.1 Å². The molecule has 1 unspecified atom stereocenters. The lowest BCUT2D eigenvalue weighted by atomic mass is 10.0. The number of nitrogen functional groups attached to an aromatic ring is 1. The van der Waals surface area contributed by atoms with E-state index < -0.39 is 11.9 Å². The zero-order valence-electron chi connectivity index (χ0n) is 9.03. The molecule has 1 rings (SSSR count). The largest absolute Gasteiger partial charge is 0.396 e. The smallest absolute Gasteiger partial charge is 0.219 e. The Bertz CT molecular complexity index is 382. The Morgan fingerprint density at radius 1 is 1.62 bits per heavy atom. The first-order valence-corrected chi connectivity index (χ1v) is 4.98. The van der Waals surface area contributed by atoms with Gasteiger partial charge in [-0.2, -0.15) is 0 Å². The SMILES string of the molecule is CNC(=O)CCC(O)c1ccc(F)c(N)c1. The monoisotopic (exact) mass is 226 g/mol. The van der Waals surface area contributed by atoms with Crippen LogP contribution in [0.5, 0.6) is 0 Å². The van der Waals surface area contributed by atoms with Crippen molar-refractivity contribution in [3.63, 3.8) is 0 Å². The number of halogens is 1. The molecule has 0 saturated heterocycles. The molecular weight excluding hydrogens is 211 g/mol. The average molecular weight is 226 g/mol. The van der Waals surface area contributed by atoms with Crippen LogP contribution in [0.15, 0.2) is 18.2 Å². The number of benzene rings is 1. The van der Waals surface area contributed by atoms with Crippen LogP contribution in [0.2, 0.25) is 0 Å². The molecule has 4 nitrogen and oxygen atoms in total. The first kappa shape index (κ1) is 12.4. The Hall–Kier alpha value is -1.62. The van der Waals surface area contributed by atoms with Crippen LogP contribution < -0.4 is 11.1 Å². The molecule has 5 heteroatoms. The van der Waals surface area contributed by atoms with E-state index in [4.69, 9.17) is 5.73 Å². The minimum atomic E-state index is -0.805. The molecule has 4 N–H and O–H groups in total. The van der Waals surface area contributed by atoms with E-state index in [9.17, 15) is 14.3 Å². The Morgan fingerprint density at radius 3 is 2.88 bits per heavy atom. The minimum absolute atomic E-state index is 0.00325. The Morgan fingerprint density at radius 2 is 2.31 bits per heavy atom. The van der Waals surface area contributed by atoms with Crippen LogP contribution in [-0.2, 0) is 4.79 Å². The summed E-state index contributed by atoms with van der Waals surface area (Å²) in [6, 6.07) is 4.04. The molecule has 1 aromatic rings. The maximum absolute atomic E-state index is 12.9. The van der Waals surface area contributed by atoms with Crippen molar-refractivity contribution in [1.82, 2.24) is 5.32 Å². The van der Waals surface area contributed by atoms with E-state index in [2.05, 4.69) is 5.32 Å². The van der Waals surface area contributed by atoms with Gasteiger partial charge in [-0.1, -0.05) is 6.07 Å². The second-order valence-corrected chi connectivity index (χ2v) is 3.51. The first-order valence-electron chi connectivity index (χ1n) is 4.98. The van der Waals surface area contributed by atoms with E-state index in [1.54, 1.807) is 0 Å². The van der Waals surface area contributed by atoms with E-state index in [0.29, 0.717) is 5.56 Å². The molecule has 88 valence electrons. The number of rotatable bonds is 4. The van der Waals surface area contributed by atoms with Gasteiger partial charge in [0.2, 0.25) is 5.91 Å². The normalized spacial score (nSPS) is 12.2. The van der Waals surface area contributed by atoms with Crippen LogP contribution in [0.25, 0.3) is 0 Å². The van der Waals surface area contributed by atoms with E-state index in [1.165, 1.54) is 25.2 Å². The summed E-state index contributed by atoms with van der Waals surface area (Å²) >= 11 is 0. The molecule has 0 heterocycles. The number of hydrogen-bond acceptors (Lipinski definition) is 3. The number of aliphatic hydroxyl groups is 1. The summed E-state index contributed by atoms with van der Waals surface area (Å²) in [4.78, 5) is 11.0. The topological polar surface area (TPSA) is 75.3 Å². The number of carbonyl (C=O) groups excluding carboxylic acids is 1. The Balaban J connectivity index is 2.62. The van der Waals surface area contributed by atoms with Crippen LogP contribution in [-0.4, -0.2) is 18.1 Å². The lowest BCUT2D eigenvalue weighted by Gasteiger charge is -2.11. The van der Waals surface area contributed by atoms with Gasteiger partial charge in [-0.25, -0.2) is 4.39 Å². The second-order valence-electron chi connectivity index (χ2n) is 3.51. The average Bonchev–Trinajstić information content (AvgIpc) is 2.29. The van der Waals surface area contributed by atoms with Gasteiger partial charge in [-0.3, -0.25) is 4.79 Å². The van der Waals surface area contributed by atoms with E-state index >= 15 is 0 Å². The molecule has 16 heavy (non-hydrogen) atoms. The van der Waals surface area contributed by atoms with Crippen LogP contribution in [0.4, 0.5) is 10.1 Å². The fraction of sp³-hybridized carbons (Fsp3) is 0.364. The summed E-state index contributed by atoms with van der Waals surface area (Å²) in [5, 5.41) is 12.2. The van der Waals surface area contributed by atoms with Crippen LogP contribution in [0, 0.1) is 5.82 Å². The van der Waals surface area contributed by atoms with Gasteiger partial charge in [-0.15, -0.1) is 0 Å². The van der Waals surface area contributed by atoms with Crippen molar-refractivity contribution in [2.75, 3.05) is 12.8 Å². The summed E-state index contributed by atoms with van der Waals surface area (Å²) in [6.07, 6.45) is -0.306. The van der Waals surface area contributed by atoms with Crippen molar-refractivity contribution < 1.29 is 14.3 Å². The highest BCUT2D eigenvalue weighted by molar-refractivity contribution is 5.75. The number of hydrogen-bond donors (Lipinski definition) is 3. The summed E-state index contributed by atoms with van der Waals surface area (Å²) in [6.45, 7) is 0. The molecule has 0 saturated carbocycles. The highest BCUT2D eigenvalue weighted by Gasteiger charge is 2.11. The van der Waals surface area contributed by atoms with Crippen molar-refractivity contribution >= 4 is 11.6 Å². The molecule has 1 aromatic carbocycles. The van der Waals surface area contributed by atoms with Crippen molar-refractivity contribution in [3.05, 3.63) is 29.6 Å². The maximum Gasteiger partial charge on any atom is 0.219 e. The third-order valence-corrected chi connectivity index (χ3v) is 2.33. The quantitative estimate of drug-likeness (QED) is 0.669. The molecule has 0 radical (unpaired) electrons.